The maximum Gasteiger partial charge on any atom is 0.124 e. The van der Waals surface area contributed by atoms with E-state index in [-0.39, 0.29) is 6.04 Å². The lowest BCUT2D eigenvalue weighted by molar-refractivity contribution is 0.305. The summed E-state index contributed by atoms with van der Waals surface area (Å²) in [5.74, 6) is 0.934. The van der Waals surface area contributed by atoms with Gasteiger partial charge in [-0.25, -0.2) is 0 Å². The number of ether oxygens (including phenoxy) is 1. The SMILES string of the molecule is CCCCOc1ccc(C)cc1[C@H](C)N. The molecule has 0 aliphatic rings. The van der Waals surface area contributed by atoms with Crippen LogP contribution in [0.3, 0.4) is 0 Å². The molecule has 1 aromatic rings. The molecule has 0 aromatic heterocycles. The van der Waals surface area contributed by atoms with Crippen molar-refractivity contribution in [1.29, 1.82) is 0 Å². The Morgan fingerprint density at radius 3 is 2.73 bits per heavy atom. The van der Waals surface area contributed by atoms with Crippen LogP contribution < -0.4 is 10.5 Å². The first-order chi connectivity index (χ1) is 7.15. The molecule has 0 bridgehead atoms. The standard InChI is InChI=1S/C13H21NO/c1-4-5-8-15-13-7-6-10(2)9-12(13)11(3)14/h6-7,9,11H,4-5,8,14H2,1-3H3/t11-/m0/s1. The number of hydrogen-bond donors (Lipinski definition) is 1. The third kappa shape index (κ3) is 3.56. The molecule has 2 nitrogen and oxygen atoms in total. The van der Waals surface area contributed by atoms with Gasteiger partial charge in [0.1, 0.15) is 5.75 Å². The molecule has 0 unspecified atom stereocenters. The molecule has 15 heavy (non-hydrogen) atoms. The van der Waals surface area contributed by atoms with Crippen molar-refractivity contribution in [2.75, 3.05) is 6.61 Å². The van der Waals surface area contributed by atoms with Gasteiger partial charge < -0.3 is 10.5 Å². The summed E-state index contributed by atoms with van der Waals surface area (Å²) in [5, 5.41) is 0. The highest BCUT2D eigenvalue weighted by Gasteiger charge is 2.07. The summed E-state index contributed by atoms with van der Waals surface area (Å²) in [6.45, 7) is 6.99. The summed E-state index contributed by atoms with van der Waals surface area (Å²) < 4.78 is 5.71. The molecule has 0 fully saturated rings. The Balaban J connectivity index is 2.77. The largest absolute Gasteiger partial charge is 0.493 e. The highest BCUT2D eigenvalue weighted by atomic mass is 16.5. The second-order valence-corrected chi connectivity index (χ2v) is 4.03. The minimum Gasteiger partial charge on any atom is -0.493 e. The van der Waals surface area contributed by atoms with Gasteiger partial charge in [0.05, 0.1) is 6.61 Å². The number of rotatable bonds is 5. The average Bonchev–Trinajstić information content (AvgIpc) is 2.20. The van der Waals surface area contributed by atoms with Gasteiger partial charge in [-0.05, 0) is 26.3 Å². The number of hydrogen-bond acceptors (Lipinski definition) is 2. The second kappa shape index (κ2) is 5.76. The summed E-state index contributed by atoms with van der Waals surface area (Å²) in [5.41, 5.74) is 8.24. The first kappa shape index (κ1) is 12.1. The molecule has 2 N–H and O–H groups in total. The Morgan fingerprint density at radius 2 is 2.13 bits per heavy atom. The molecule has 84 valence electrons. The van der Waals surface area contributed by atoms with E-state index in [0.717, 1.165) is 30.8 Å². The van der Waals surface area contributed by atoms with Crippen molar-refractivity contribution in [2.45, 2.75) is 39.7 Å². The molecule has 1 atom stereocenters. The summed E-state index contributed by atoms with van der Waals surface area (Å²) in [4.78, 5) is 0. The van der Waals surface area contributed by atoms with Crippen molar-refractivity contribution in [1.82, 2.24) is 0 Å². The molecule has 0 heterocycles. The fraction of sp³-hybridized carbons (Fsp3) is 0.538. The van der Waals surface area contributed by atoms with E-state index in [1.54, 1.807) is 0 Å². The first-order valence-corrected chi connectivity index (χ1v) is 5.64. The van der Waals surface area contributed by atoms with Crippen LogP contribution in [-0.4, -0.2) is 6.61 Å². The molecule has 0 aliphatic heterocycles. The van der Waals surface area contributed by atoms with Gasteiger partial charge in [-0.2, -0.15) is 0 Å². The van der Waals surface area contributed by atoms with E-state index in [4.69, 9.17) is 10.5 Å². The lowest BCUT2D eigenvalue weighted by Crippen LogP contribution is -2.09. The van der Waals surface area contributed by atoms with E-state index in [2.05, 4.69) is 26.0 Å². The molecule has 1 rings (SSSR count). The van der Waals surface area contributed by atoms with Gasteiger partial charge in [0.2, 0.25) is 0 Å². The fourth-order valence-corrected chi connectivity index (χ4v) is 1.48. The first-order valence-electron chi connectivity index (χ1n) is 5.64. The van der Waals surface area contributed by atoms with Gasteiger partial charge in [0.25, 0.3) is 0 Å². The minimum absolute atomic E-state index is 0.0292. The van der Waals surface area contributed by atoms with Crippen LogP contribution in [0.2, 0.25) is 0 Å². The quantitative estimate of drug-likeness (QED) is 0.752. The molecule has 0 saturated heterocycles. The van der Waals surface area contributed by atoms with Crippen molar-refractivity contribution < 1.29 is 4.74 Å². The van der Waals surface area contributed by atoms with Crippen LogP contribution in [-0.2, 0) is 0 Å². The predicted molar refractivity (Wildman–Crippen MR) is 64.2 cm³/mol. The smallest absolute Gasteiger partial charge is 0.124 e. The van der Waals surface area contributed by atoms with Crippen LogP contribution in [0, 0.1) is 6.92 Å². The van der Waals surface area contributed by atoms with Gasteiger partial charge >= 0.3 is 0 Å². The van der Waals surface area contributed by atoms with Crippen molar-refractivity contribution in [3.05, 3.63) is 29.3 Å². The van der Waals surface area contributed by atoms with Gasteiger partial charge in [0, 0.05) is 11.6 Å². The Hall–Kier alpha value is -1.02. The van der Waals surface area contributed by atoms with Crippen molar-refractivity contribution >= 4 is 0 Å². The van der Waals surface area contributed by atoms with Crippen molar-refractivity contribution in [3.63, 3.8) is 0 Å². The van der Waals surface area contributed by atoms with Crippen LogP contribution in [0.25, 0.3) is 0 Å². The number of benzene rings is 1. The second-order valence-electron chi connectivity index (χ2n) is 4.03. The van der Waals surface area contributed by atoms with Gasteiger partial charge in [-0.15, -0.1) is 0 Å². The zero-order valence-corrected chi connectivity index (χ0v) is 9.92. The van der Waals surface area contributed by atoms with Gasteiger partial charge in [-0.3, -0.25) is 0 Å². The zero-order valence-electron chi connectivity index (χ0n) is 9.92. The lowest BCUT2D eigenvalue weighted by Gasteiger charge is -2.14. The predicted octanol–water partition coefficient (Wildman–Crippen LogP) is 3.19. The third-order valence-corrected chi connectivity index (χ3v) is 2.41. The molecular formula is C13H21NO. The Bertz CT molecular complexity index is 307. The van der Waals surface area contributed by atoms with Gasteiger partial charge in [0.15, 0.2) is 0 Å². The molecular weight excluding hydrogens is 186 g/mol. The summed E-state index contributed by atoms with van der Waals surface area (Å²) in [6, 6.07) is 6.21. The number of nitrogens with two attached hydrogens (primary N) is 1. The van der Waals surface area contributed by atoms with Crippen LogP contribution >= 0.6 is 0 Å². The monoisotopic (exact) mass is 207 g/mol. The minimum atomic E-state index is 0.0292. The molecule has 0 saturated carbocycles. The zero-order chi connectivity index (χ0) is 11.3. The van der Waals surface area contributed by atoms with Crippen LogP contribution in [0.4, 0.5) is 0 Å². The molecule has 0 amide bonds. The summed E-state index contributed by atoms with van der Waals surface area (Å²) in [7, 11) is 0. The van der Waals surface area contributed by atoms with Crippen LogP contribution in [0.5, 0.6) is 5.75 Å². The molecule has 2 heteroatoms. The van der Waals surface area contributed by atoms with Crippen LogP contribution in [0.1, 0.15) is 43.9 Å². The topological polar surface area (TPSA) is 35.2 Å². The fourth-order valence-electron chi connectivity index (χ4n) is 1.48. The Kier molecular flexibility index (Phi) is 4.63. The van der Waals surface area contributed by atoms with E-state index in [0.29, 0.717) is 0 Å². The van der Waals surface area contributed by atoms with E-state index >= 15 is 0 Å². The number of unbranched alkanes of at least 4 members (excludes halogenated alkanes) is 1. The van der Waals surface area contributed by atoms with Crippen LogP contribution in [0.15, 0.2) is 18.2 Å². The van der Waals surface area contributed by atoms with Crippen molar-refractivity contribution in [2.24, 2.45) is 5.73 Å². The highest BCUT2D eigenvalue weighted by Crippen LogP contribution is 2.25. The molecule has 1 aromatic carbocycles. The van der Waals surface area contributed by atoms with Crippen molar-refractivity contribution in [3.8, 4) is 5.75 Å². The third-order valence-electron chi connectivity index (χ3n) is 2.41. The van der Waals surface area contributed by atoms with E-state index in [9.17, 15) is 0 Å². The number of aryl methyl sites for hydroxylation is 1. The average molecular weight is 207 g/mol. The maximum atomic E-state index is 5.91. The summed E-state index contributed by atoms with van der Waals surface area (Å²) in [6.07, 6.45) is 2.24. The van der Waals surface area contributed by atoms with E-state index in [1.807, 2.05) is 13.0 Å². The normalized spacial score (nSPS) is 12.5. The lowest BCUT2D eigenvalue weighted by atomic mass is 10.1. The molecule has 0 aliphatic carbocycles. The highest BCUT2D eigenvalue weighted by molar-refractivity contribution is 5.38. The molecule has 0 spiro atoms. The van der Waals surface area contributed by atoms with E-state index in [1.165, 1.54) is 5.56 Å². The summed E-state index contributed by atoms with van der Waals surface area (Å²) >= 11 is 0. The Labute approximate surface area is 92.4 Å². The molecule has 0 radical (unpaired) electrons. The Morgan fingerprint density at radius 1 is 1.40 bits per heavy atom. The van der Waals surface area contributed by atoms with Gasteiger partial charge in [-0.1, -0.05) is 31.0 Å². The van der Waals surface area contributed by atoms with E-state index < -0.39 is 0 Å². The maximum absolute atomic E-state index is 5.91.